The van der Waals surface area contributed by atoms with Crippen molar-refractivity contribution in [3.05, 3.63) is 42.1 Å². The molecule has 3 rings (SSSR count). The molecule has 1 unspecified atom stereocenters. The van der Waals surface area contributed by atoms with Crippen LogP contribution in [0.3, 0.4) is 0 Å². The van der Waals surface area contributed by atoms with E-state index >= 15 is 0 Å². The van der Waals surface area contributed by atoms with Crippen molar-refractivity contribution in [2.45, 2.75) is 31.7 Å². The van der Waals surface area contributed by atoms with Gasteiger partial charge in [-0.2, -0.15) is 0 Å². The standard InChI is InChI=1S/C20H30N6O/c1-21-20(27)17-8-4-9-22-19(17)26-12-5-7-16(15-26)18-23-10-14-25(18)13-6-11-24(2)3/h4,8-10,14,16H,5-7,11-13,15H2,1-3H3,(H,21,27). The summed E-state index contributed by atoms with van der Waals surface area (Å²) >= 11 is 0. The third-order valence-electron chi connectivity index (χ3n) is 5.10. The lowest BCUT2D eigenvalue weighted by molar-refractivity contribution is 0.0963. The zero-order valence-electron chi connectivity index (χ0n) is 16.6. The van der Waals surface area contributed by atoms with Crippen LogP contribution in [0.4, 0.5) is 5.82 Å². The van der Waals surface area contributed by atoms with Crippen LogP contribution in [0.2, 0.25) is 0 Å². The van der Waals surface area contributed by atoms with E-state index in [2.05, 4.69) is 49.9 Å². The van der Waals surface area contributed by atoms with Crippen LogP contribution in [-0.2, 0) is 6.54 Å². The van der Waals surface area contributed by atoms with Gasteiger partial charge in [-0.05, 0) is 52.0 Å². The Morgan fingerprint density at radius 3 is 2.96 bits per heavy atom. The first-order chi connectivity index (χ1) is 13.1. The number of carbonyl (C=O) groups is 1. The maximum Gasteiger partial charge on any atom is 0.254 e. The lowest BCUT2D eigenvalue weighted by atomic mass is 9.96. The molecule has 0 aliphatic carbocycles. The van der Waals surface area contributed by atoms with Crippen molar-refractivity contribution in [1.82, 2.24) is 24.8 Å². The van der Waals surface area contributed by atoms with Gasteiger partial charge in [0.2, 0.25) is 0 Å². The molecule has 1 amide bonds. The van der Waals surface area contributed by atoms with Crippen molar-refractivity contribution in [2.24, 2.45) is 0 Å². The number of carbonyl (C=O) groups excluding carboxylic acids is 1. The molecule has 7 heteroatoms. The van der Waals surface area contributed by atoms with E-state index in [4.69, 9.17) is 0 Å². The molecule has 0 aromatic carbocycles. The molecule has 1 saturated heterocycles. The largest absolute Gasteiger partial charge is 0.355 e. The van der Waals surface area contributed by atoms with Gasteiger partial charge in [-0.15, -0.1) is 0 Å². The number of nitrogens with one attached hydrogen (secondary N) is 1. The maximum absolute atomic E-state index is 12.2. The van der Waals surface area contributed by atoms with Gasteiger partial charge in [0.05, 0.1) is 5.56 Å². The molecule has 3 heterocycles. The molecule has 1 aliphatic heterocycles. The van der Waals surface area contributed by atoms with Gasteiger partial charge >= 0.3 is 0 Å². The molecule has 1 aliphatic rings. The van der Waals surface area contributed by atoms with Gasteiger partial charge in [-0.3, -0.25) is 4.79 Å². The summed E-state index contributed by atoms with van der Waals surface area (Å²) < 4.78 is 2.29. The van der Waals surface area contributed by atoms with Crippen LogP contribution in [0.25, 0.3) is 0 Å². The van der Waals surface area contributed by atoms with Gasteiger partial charge in [0, 0.05) is 51.2 Å². The van der Waals surface area contributed by atoms with Crippen molar-refractivity contribution in [1.29, 1.82) is 0 Å². The van der Waals surface area contributed by atoms with Crippen LogP contribution in [0.1, 0.15) is 41.4 Å². The third-order valence-corrected chi connectivity index (χ3v) is 5.10. The number of hydrogen-bond donors (Lipinski definition) is 1. The molecular weight excluding hydrogens is 340 g/mol. The number of imidazole rings is 1. The van der Waals surface area contributed by atoms with E-state index in [0.717, 1.165) is 57.1 Å². The first-order valence-electron chi connectivity index (χ1n) is 9.68. The monoisotopic (exact) mass is 370 g/mol. The van der Waals surface area contributed by atoms with Crippen LogP contribution in [0.5, 0.6) is 0 Å². The number of amides is 1. The number of hydrogen-bond acceptors (Lipinski definition) is 5. The summed E-state index contributed by atoms with van der Waals surface area (Å²) in [5.41, 5.74) is 0.634. The smallest absolute Gasteiger partial charge is 0.254 e. The summed E-state index contributed by atoms with van der Waals surface area (Å²) in [6, 6.07) is 3.65. The Labute approximate surface area is 161 Å². The Bertz CT molecular complexity index is 756. The molecule has 1 fully saturated rings. The lowest BCUT2D eigenvalue weighted by Gasteiger charge is -2.34. The normalized spacial score (nSPS) is 17.3. The Morgan fingerprint density at radius 2 is 2.19 bits per heavy atom. The van der Waals surface area contributed by atoms with E-state index in [1.54, 1.807) is 13.2 Å². The second-order valence-electron chi connectivity index (χ2n) is 7.37. The molecular formula is C20H30N6O. The number of anilines is 1. The number of aryl methyl sites for hydroxylation is 1. The van der Waals surface area contributed by atoms with E-state index in [1.807, 2.05) is 18.3 Å². The lowest BCUT2D eigenvalue weighted by Crippen LogP contribution is -2.37. The predicted octanol–water partition coefficient (Wildman–Crippen LogP) is 1.97. The zero-order valence-corrected chi connectivity index (χ0v) is 16.6. The SMILES string of the molecule is CNC(=O)c1cccnc1N1CCCC(c2nccn2CCCN(C)C)C1. The van der Waals surface area contributed by atoms with E-state index in [1.165, 1.54) is 0 Å². The van der Waals surface area contributed by atoms with Gasteiger partial charge in [-0.1, -0.05) is 0 Å². The summed E-state index contributed by atoms with van der Waals surface area (Å²) in [6.45, 7) is 3.81. The second-order valence-corrected chi connectivity index (χ2v) is 7.37. The molecule has 1 N–H and O–H groups in total. The Balaban J connectivity index is 1.74. The average molecular weight is 371 g/mol. The second kappa shape index (κ2) is 8.99. The van der Waals surface area contributed by atoms with Crippen LogP contribution in [0, 0.1) is 0 Å². The van der Waals surface area contributed by atoms with Gasteiger partial charge in [0.1, 0.15) is 11.6 Å². The van der Waals surface area contributed by atoms with Crippen molar-refractivity contribution >= 4 is 11.7 Å². The van der Waals surface area contributed by atoms with Gasteiger partial charge in [0.15, 0.2) is 0 Å². The molecule has 0 bridgehead atoms. The van der Waals surface area contributed by atoms with E-state index in [9.17, 15) is 4.79 Å². The van der Waals surface area contributed by atoms with Crippen LogP contribution >= 0.6 is 0 Å². The molecule has 0 spiro atoms. The van der Waals surface area contributed by atoms with E-state index < -0.39 is 0 Å². The first-order valence-corrected chi connectivity index (χ1v) is 9.68. The number of piperidine rings is 1. The van der Waals surface area contributed by atoms with E-state index in [0.29, 0.717) is 11.5 Å². The Hall–Kier alpha value is -2.41. The van der Waals surface area contributed by atoms with Crippen molar-refractivity contribution in [3.63, 3.8) is 0 Å². The first kappa shape index (κ1) is 19.4. The fourth-order valence-electron chi connectivity index (χ4n) is 3.77. The summed E-state index contributed by atoms with van der Waals surface area (Å²) in [5, 5.41) is 2.71. The molecule has 27 heavy (non-hydrogen) atoms. The number of nitrogens with zero attached hydrogens (tertiary/aromatic N) is 5. The summed E-state index contributed by atoms with van der Waals surface area (Å²) in [5.74, 6) is 2.18. The molecule has 1 atom stereocenters. The zero-order chi connectivity index (χ0) is 19.2. The summed E-state index contributed by atoms with van der Waals surface area (Å²) in [4.78, 5) is 25.8. The van der Waals surface area contributed by atoms with Crippen LogP contribution in [0.15, 0.2) is 30.7 Å². The summed E-state index contributed by atoms with van der Waals surface area (Å²) in [6.07, 6.45) is 9.03. The van der Waals surface area contributed by atoms with Crippen molar-refractivity contribution < 1.29 is 4.79 Å². The molecule has 0 saturated carbocycles. The van der Waals surface area contributed by atoms with Crippen LogP contribution in [-0.4, -0.2) is 66.1 Å². The fourth-order valence-corrected chi connectivity index (χ4v) is 3.77. The molecule has 2 aromatic rings. The fraction of sp³-hybridized carbons (Fsp3) is 0.550. The van der Waals surface area contributed by atoms with Gasteiger partial charge in [-0.25, -0.2) is 9.97 Å². The Kier molecular flexibility index (Phi) is 6.45. The van der Waals surface area contributed by atoms with Crippen molar-refractivity contribution in [3.8, 4) is 0 Å². The highest BCUT2D eigenvalue weighted by atomic mass is 16.1. The summed E-state index contributed by atoms with van der Waals surface area (Å²) in [7, 11) is 5.86. The third kappa shape index (κ3) is 4.66. The van der Waals surface area contributed by atoms with Crippen LogP contribution < -0.4 is 10.2 Å². The minimum atomic E-state index is -0.0922. The van der Waals surface area contributed by atoms with Gasteiger partial charge < -0.3 is 19.7 Å². The maximum atomic E-state index is 12.2. The molecule has 146 valence electrons. The number of pyridine rings is 1. The molecule has 2 aromatic heterocycles. The topological polar surface area (TPSA) is 66.3 Å². The minimum absolute atomic E-state index is 0.0922. The van der Waals surface area contributed by atoms with Gasteiger partial charge in [0.25, 0.3) is 5.91 Å². The Morgan fingerprint density at radius 1 is 1.33 bits per heavy atom. The molecule has 0 radical (unpaired) electrons. The number of rotatable bonds is 7. The highest BCUT2D eigenvalue weighted by molar-refractivity contribution is 5.98. The quantitative estimate of drug-likeness (QED) is 0.807. The minimum Gasteiger partial charge on any atom is -0.355 e. The highest BCUT2D eigenvalue weighted by Crippen LogP contribution is 2.30. The predicted molar refractivity (Wildman–Crippen MR) is 107 cm³/mol. The van der Waals surface area contributed by atoms with E-state index in [-0.39, 0.29) is 5.91 Å². The average Bonchev–Trinajstić information content (AvgIpc) is 3.16. The van der Waals surface area contributed by atoms with Crippen molar-refractivity contribution in [2.75, 3.05) is 45.7 Å². The number of aromatic nitrogens is 3. The highest BCUT2D eigenvalue weighted by Gasteiger charge is 2.27. The molecule has 7 nitrogen and oxygen atoms in total.